The molecule has 0 aliphatic carbocycles. The van der Waals surface area contributed by atoms with Crippen LogP contribution in [0, 0.1) is 6.92 Å². The fourth-order valence-corrected chi connectivity index (χ4v) is 1.20. The van der Waals surface area contributed by atoms with Gasteiger partial charge in [0.25, 0.3) is 0 Å². The van der Waals surface area contributed by atoms with Gasteiger partial charge in [-0.3, -0.25) is 4.98 Å². The average Bonchev–Trinajstić information content (AvgIpc) is 1.95. The van der Waals surface area contributed by atoms with Gasteiger partial charge >= 0.3 is 0 Å². The number of hydrogen-bond donors (Lipinski definition) is 1. The summed E-state index contributed by atoms with van der Waals surface area (Å²) in [6, 6.07) is 1.90. The van der Waals surface area contributed by atoms with Gasteiger partial charge in [0.15, 0.2) is 0 Å². The van der Waals surface area contributed by atoms with Crippen LogP contribution in [0.4, 0.5) is 0 Å². The Kier molecular flexibility index (Phi) is 2.85. The Bertz CT molecular complexity index is 248. The fourth-order valence-electron chi connectivity index (χ4n) is 0.883. The third-order valence-electron chi connectivity index (χ3n) is 1.44. The van der Waals surface area contributed by atoms with Gasteiger partial charge < -0.3 is 5.73 Å². The first-order valence-electron chi connectivity index (χ1n) is 3.55. The molecule has 0 fully saturated rings. The molecule has 1 aromatic rings. The molecule has 2 N–H and O–H groups in total. The first kappa shape index (κ1) is 8.50. The molecule has 1 rings (SSSR count). The van der Waals surface area contributed by atoms with Gasteiger partial charge in [0, 0.05) is 12.6 Å². The van der Waals surface area contributed by atoms with Gasteiger partial charge in [-0.15, -0.1) is 0 Å². The first-order valence-corrected chi connectivity index (χ1v) is 3.93. The molecule has 0 amide bonds. The van der Waals surface area contributed by atoms with Gasteiger partial charge in [0.05, 0.1) is 10.7 Å². The molecule has 0 atom stereocenters. The van der Waals surface area contributed by atoms with Crippen LogP contribution >= 0.6 is 11.6 Å². The monoisotopic (exact) mass is 170 g/mol. The van der Waals surface area contributed by atoms with Gasteiger partial charge in [-0.25, -0.2) is 0 Å². The maximum absolute atomic E-state index is 5.89. The minimum atomic E-state index is 0.593. The van der Waals surface area contributed by atoms with Crippen molar-refractivity contribution in [3.05, 3.63) is 28.5 Å². The highest BCUT2D eigenvalue weighted by Gasteiger charge is 1.99. The molecule has 0 spiro atoms. The summed E-state index contributed by atoms with van der Waals surface area (Å²) < 4.78 is 0. The molecule has 0 aromatic carbocycles. The summed E-state index contributed by atoms with van der Waals surface area (Å²) in [4.78, 5) is 4.16. The van der Waals surface area contributed by atoms with Gasteiger partial charge in [-0.1, -0.05) is 11.6 Å². The van der Waals surface area contributed by atoms with Crippen molar-refractivity contribution in [1.29, 1.82) is 0 Å². The highest BCUT2D eigenvalue weighted by atomic mass is 35.5. The van der Waals surface area contributed by atoms with Gasteiger partial charge in [-0.2, -0.15) is 0 Å². The number of aromatic nitrogens is 1. The van der Waals surface area contributed by atoms with Gasteiger partial charge in [-0.05, 0) is 25.1 Å². The number of halogens is 1. The Labute approximate surface area is 71.4 Å². The molecule has 0 saturated carbocycles. The molecule has 3 heteroatoms. The summed E-state index contributed by atoms with van der Waals surface area (Å²) in [6.45, 7) is 2.56. The SMILES string of the molecule is Cc1cnc(CCN)c(Cl)c1. The molecule has 0 aliphatic heterocycles. The van der Waals surface area contributed by atoms with Crippen LogP contribution in [0.1, 0.15) is 11.3 Å². The third-order valence-corrected chi connectivity index (χ3v) is 1.76. The zero-order valence-electron chi connectivity index (χ0n) is 6.47. The minimum absolute atomic E-state index is 0.593. The second-order valence-corrected chi connectivity index (χ2v) is 2.89. The van der Waals surface area contributed by atoms with Crippen LogP contribution < -0.4 is 5.73 Å². The number of pyridine rings is 1. The molecule has 0 radical (unpaired) electrons. The molecule has 11 heavy (non-hydrogen) atoms. The van der Waals surface area contributed by atoms with Gasteiger partial charge in [0.2, 0.25) is 0 Å². The number of nitrogens with zero attached hydrogens (tertiary/aromatic N) is 1. The molecule has 1 aromatic heterocycles. The van der Waals surface area contributed by atoms with E-state index in [1.165, 1.54) is 0 Å². The molecule has 1 heterocycles. The highest BCUT2D eigenvalue weighted by molar-refractivity contribution is 6.31. The Hall–Kier alpha value is -0.600. The van der Waals surface area contributed by atoms with Crippen molar-refractivity contribution in [2.75, 3.05) is 6.54 Å². The Morgan fingerprint density at radius 1 is 1.64 bits per heavy atom. The zero-order valence-corrected chi connectivity index (χ0v) is 7.23. The Morgan fingerprint density at radius 2 is 2.36 bits per heavy atom. The Balaban J connectivity index is 2.90. The number of aryl methyl sites for hydroxylation is 1. The first-order chi connectivity index (χ1) is 5.24. The number of rotatable bonds is 2. The summed E-state index contributed by atoms with van der Waals surface area (Å²) in [5, 5.41) is 0.718. The predicted molar refractivity (Wildman–Crippen MR) is 46.7 cm³/mol. The zero-order chi connectivity index (χ0) is 8.27. The number of hydrogen-bond acceptors (Lipinski definition) is 2. The smallest absolute Gasteiger partial charge is 0.0624 e. The minimum Gasteiger partial charge on any atom is -0.330 e. The summed E-state index contributed by atoms with van der Waals surface area (Å²) in [7, 11) is 0. The lowest BCUT2D eigenvalue weighted by atomic mass is 10.2. The number of nitrogens with two attached hydrogens (primary N) is 1. The topological polar surface area (TPSA) is 38.9 Å². The molecule has 60 valence electrons. The van der Waals surface area contributed by atoms with Crippen LogP contribution in [0.15, 0.2) is 12.3 Å². The standard InChI is InChI=1S/C8H11ClN2/c1-6-4-7(9)8(2-3-10)11-5-6/h4-5H,2-3,10H2,1H3. The van der Waals surface area contributed by atoms with E-state index >= 15 is 0 Å². The van der Waals surface area contributed by atoms with E-state index in [-0.39, 0.29) is 0 Å². The molecular weight excluding hydrogens is 160 g/mol. The largest absolute Gasteiger partial charge is 0.330 e. The molecule has 0 unspecified atom stereocenters. The molecule has 2 nitrogen and oxygen atoms in total. The van der Waals surface area contributed by atoms with E-state index in [0.717, 1.165) is 22.7 Å². The quantitative estimate of drug-likeness (QED) is 0.732. The van der Waals surface area contributed by atoms with Crippen LogP contribution in [0.2, 0.25) is 5.02 Å². The lowest BCUT2D eigenvalue weighted by Gasteiger charge is -2.00. The van der Waals surface area contributed by atoms with Crippen LogP contribution in [-0.2, 0) is 6.42 Å². The van der Waals surface area contributed by atoms with E-state index in [4.69, 9.17) is 17.3 Å². The van der Waals surface area contributed by atoms with E-state index in [2.05, 4.69) is 4.98 Å². The van der Waals surface area contributed by atoms with Crippen molar-refractivity contribution in [2.24, 2.45) is 5.73 Å². The summed E-state index contributed by atoms with van der Waals surface area (Å²) >= 11 is 5.89. The summed E-state index contributed by atoms with van der Waals surface area (Å²) in [5.74, 6) is 0. The molecule has 0 bridgehead atoms. The molecule has 0 aliphatic rings. The second kappa shape index (κ2) is 3.69. The highest BCUT2D eigenvalue weighted by Crippen LogP contribution is 2.14. The lowest BCUT2D eigenvalue weighted by molar-refractivity contribution is 0.920. The van der Waals surface area contributed by atoms with Crippen molar-refractivity contribution in [1.82, 2.24) is 4.98 Å². The molecular formula is C8H11ClN2. The van der Waals surface area contributed by atoms with Crippen molar-refractivity contribution in [3.8, 4) is 0 Å². The van der Waals surface area contributed by atoms with E-state index in [1.807, 2.05) is 13.0 Å². The molecule has 0 saturated heterocycles. The van der Waals surface area contributed by atoms with Crippen LogP contribution in [-0.4, -0.2) is 11.5 Å². The van der Waals surface area contributed by atoms with E-state index in [1.54, 1.807) is 6.20 Å². The summed E-state index contributed by atoms with van der Waals surface area (Å²) in [5.41, 5.74) is 7.34. The van der Waals surface area contributed by atoms with Crippen molar-refractivity contribution in [3.63, 3.8) is 0 Å². The normalized spacial score (nSPS) is 10.1. The Morgan fingerprint density at radius 3 is 2.91 bits per heavy atom. The third kappa shape index (κ3) is 2.17. The van der Waals surface area contributed by atoms with Crippen LogP contribution in [0.5, 0.6) is 0 Å². The lowest BCUT2D eigenvalue weighted by Crippen LogP contribution is -2.04. The second-order valence-electron chi connectivity index (χ2n) is 2.48. The van der Waals surface area contributed by atoms with Crippen molar-refractivity contribution >= 4 is 11.6 Å². The van der Waals surface area contributed by atoms with Gasteiger partial charge in [0.1, 0.15) is 0 Å². The van der Waals surface area contributed by atoms with Crippen LogP contribution in [0.3, 0.4) is 0 Å². The summed E-state index contributed by atoms with van der Waals surface area (Å²) in [6.07, 6.45) is 2.55. The maximum atomic E-state index is 5.89. The van der Waals surface area contributed by atoms with E-state index in [9.17, 15) is 0 Å². The van der Waals surface area contributed by atoms with Crippen molar-refractivity contribution in [2.45, 2.75) is 13.3 Å². The van der Waals surface area contributed by atoms with E-state index in [0.29, 0.717) is 6.54 Å². The maximum Gasteiger partial charge on any atom is 0.0624 e. The average molecular weight is 171 g/mol. The fraction of sp³-hybridized carbons (Fsp3) is 0.375. The predicted octanol–water partition coefficient (Wildman–Crippen LogP) is 1.54. The van der Waals surface area contributed by atoms with Crippen LogP contribution in [0.25, 0.3) is 0 Å². The van der Waals surface area contributed by atoms with Crippen molar-refractivity contribution < 1.29 is 0 Å². The van der Waals surface area contributed by atoms with E-state index < -0.39 is 0 Å².